The predicted octanol–water partition coefficient (Wildman–Crippen LogP) is 1.67. The first-order chi connectivity index (χ1) is 12.2. The van der Waals surface area contributed by atoms with E-state index in [1.807, 2.05) is 54.0 Å². The lowest BCUT2D eigenvalue weighted by molar-refractivity contribution is -0.132. The first-order valence-corrected chi connectivity index (χ1v) is 8.22. The summed E-state index contributed by atoms with van der Waals surface area (Å²) in [5.74, 6) is 0.436. The average molecular weight is 337 g/mol. The van der Waals surface area contributed by atoms with Crippen molar-refractivity contribution >= 4 is 17.4 Å². The highest BCUT2D eigenvalue weighted by Gasteiger charge is 2.27. The van der Waals surface area contributed by atoms with Gasteiger partial charge < -0.3 is 15.0 Å². The molecule has 128 valence electrons. The van der Waals surface area contributed by atoms with E-state index in [0.717, 1.165) is 12.2 Å². The van der Waals surface area contributed by atoms with Crippen LogP contribution in [0.3, 0.4) is 0 Å². The van der Waals surface area contributed by atoms with Gasteiger partial charge in [0.25, 0.3) is 5.91 Å². The molecule has 0 saturated carbocycles. The second-order valence-electron chi connectivity index (χ2n) is 6.06. The number of fused-ring (bicyclic) bond motifs is 1. The second-order valence-corrected chi connectivity index (χ2v) is 6.06. The fourth-order valence-electron chi connectivity index (χ4n) is 2.93. The zero-order valence-electron chi connectivity index (χ0n) is 13.9. The summed E-state index contributed by atoms with van der Waals surface area (Å²) in [7, 11) is 1.98. The number of hydrogen-bond acceptors (Lipinski definition) is 5. The molecule has 0 radical (unpaired) electrons. The van der Waals surface area contributed by atoms with E-state index in [1.54, 1.807) is 6.20 Å². The number of amides is 1. The lowest BCUT2D eigenvalue weighted by Gasteiger charge is -2.29. The highest BCUT2D eigenvalue weighted by atomic mass is 16.5. The van der Waals surface area contributed by atoms with Crippen molar-refractivity contribution in [3.63, 3.8) is 0 Å². The van der Waals surface area contributed by atoms with Crippen molar-refractivity contribution in [3.05, 3.63) is 48.8 Å². The Morgan fingerprint density at radius 2 is 2.16 bits per heavy atom. The molecule has 4 rings (SSSR count). The van der Waals surface area contributed by atoms with Crippen LogP contribution >= 0.6 is 0 Å². The lowest BCUT2D eigenvalue weighted by atomic mass is 10.2. The Hall–Kier alpha value is -2.77. The summed E-state index contributed by atoms with van der Waals surface area (Å²) in [6.45, 7) is 1.95. The van der Waals surface area contributed by atoms with Gasteiger partial charge in [-0.15, -0.1) is 0 Å². The summed E-state index contributed by atoms with van der Waals surface area (Å²) in [6.07, 6.45) is 3.09. The number of anilines is 1. The van der Waals surface area contributed by atoms with Gasteiger partial charge in [-0.25, -0.2) is 4.98 Å². The molecule has 4 heterocycles. The number of hydrogen-bond donors (Lipinski definition) is 1. The van der Waals surface area contributed by atoms with Crippen LogP contribution in [0.25, 0.3) is 17.0 Å². The molecule has 0 bridgehead atoms. The zero-order chi connectivity index (χ0) is 17.2. The van der Waals surface area contributed by atoms with Crippen LogP contribution in [0.1, 0.15) is 0 Å². The van der Waals surface area contributed by atoms with E-state index >= 15 is 0 Å². The first kappa shape index (κ1) is 15.7. The lowest BCUT2D eigenvalue weighted by Crippen LogP contribution is -2.46. The number of morpholine rings is 1. The topological polar surface area (TPSA) is 71.8 Å². The van der Waals surface area contributed by atoms with E-state index in [9.17, 15) is 4.79 Å². The van der Waals surface area contributed by atoms with Gasteiger partial charge in [0.05, 0.1) is 12.3 Å². The molecule has 0 unspecified atom stereocenters. The Labute approximate surface area is 145 Å². The summed E-state index contributed by atoms with van der Waals surface area (Å²) in [5, 5.41) is 2.99. The van der Waals surface area contributed by atoms with Crippen LogP contribution in [0.4, 0.5) is 5.82 Å². The number of rotatable bonds is 3. The van der Waals surface area contributed by atoms with Gasteiger partial charge in [-0.1, -0.05) is 12.1 Å². The maximum absolute atomic E-state index is 12.7. The summed E-state index contributed by atoms with van der Waals surface area (Å²) < 4.78 is 7.47. The molecule has 0 spiro atoms. The summed E-state index contributed by atoms with van der Waals surface area (Å²) >= 11 is 0. The quantitative estimate of drug-likeness (QED) is 0.787. The van der Waals surface area contributed by atoms with E-state index in [-0.39, 0.29) is 5.91 Å². The molecule has 0 aliphatic carbocycles. The van der Waals surface area contributed by atoms with E-state index in [2.05, 4.69) is 20.2 Å². The zero-order valence-corrected chi connectivity index (χ0v) is 13.9. The monoisotopic (exact) mass is 337 g/mol. The number of ether oxygens (including phenoxy) is 1. The molecule has 3 aromatic rings. The van der Waals surface area contributed by atoms with Gasteiger partial charge >= 0.3 is 0 Å². The van der Waals surface area contributed by atoms with Crippen molar-refractivity contribution in [3.8, 4) is 11.4 Å². The molecule has 1 aliphatic rings. The van der Waals surface area contributed by atoms with Crippen molar-refractivity contribution in [2.24, 2.45) is 0 Å². The fourth-order valence-corrected chi connectivity index (χ4v) is 2.93. The van der Waals surface area contributed by atoms with E-state index in [1.165, 1.54) is 0 Å². The summed E-state index contributed by atoms with van der Waals surface area (Å²) in [6, 6.07) is 11.3. The van der Waals surface area contributed by atoms with E-state index in [4.69, 9.17) is 4.74 Å². The third kappa shape index (κ3) is 3.11. The molecule has 1 amide bonds. The Kier molecular flexibility index (Phi) is 4.17. The Bertz CT molecular complexity index is 893. The number of nitrogens with one attached hydrogen (secondary N) is 1. The second kappa shape index (κ2) is 6.62. The first-order valence-electron chi connectivity index (χ1n) is 8.22. The fraction of sp³-hybridized carbons (Fsp3) is 0.278. The summed E-state index contributed by atoms with van der Waals surface area (Å²) in [5.41, 5.74) is 2.10. The molecule has 1 aliphatic heterocycles. The van der Waals surface area contributed by atoms with Gasteiger partial charge in [0, 0.05) is 25.5 Å². The number of imidazole rings is 1. The third-order valence-corrected chi connectivity index (χ3v) is 4.24. The molecular weight excluding hydrogens is 318 g/mol. The number of likely N-dealkylation sites (N-methyl/N-ethyl adjacent to an activating group) is 1. The Balaban J connectivity index is 1.71. The van der Waals surface area contributed by atoms with Crippen LogP contribution in [0.5, 0.6) is 0 Å². The number of carbonyl (C=O) groups excluding carboxylic acids is 1. The number of aromatic nitrogens is 3. The average Bonchev–Trinajstić information content (AvgIpc) is 3.01. The smallest absolute Gasteiger partial charge is 0.256 e. The van der Waals surface area contributed by atoms with Crippen LogP contribution in [0.15, 0.2) is 48.8 Å². The van der Waals surface area contributed by atoms with Gasteiger partial charge in [-0.05, 0) is 31.3 Å². The number of nitrogens with zero attached hydrogens (tertiary/aromatic N) is 4. The van der Waals surface area contributed by atoms with Crippen LogP contribution < -0.4 is 5.32 Å². The molecule has 3 aromatic heterocycles. The molecule has 1 fully saturated rings. The van der Waals surface area contributed by atoms with Crippen LogP contribution in [0.2, 0.25) is 0 Å². The SMILES string of the molecule is CN1CCO[C@H](C(=O)Nc2c(-c3ccccn3)nc3ccccn23)C1. The number of carbonyl (C=O) groups is 1. The molecule has 1 N–H and O–H groups in total. The number of pyridine rings is 2. The van der Waals surface area contributed by atoms with Gasteiger partial charge in [0.1, 0.15) is 23.3 Å². The minimum atomic E-state index is -0.496. The molecule has 1 saturated heterocycles. The van der Waals surface area contributed by atoms with Gasteiger partial charge in [0.15, 0.2) is 0 Å². The van der Waals surface area contributed by atoms with Crippen LogP contribution in [-0.4, -0.2) is 58.0 Å². The van der Waals surface area contributed by atoms with Crippen molar-refractivity contribution in [2.45, 2.75) is 6.10 Å². The normalized spacial score (nSPS) is 18.4. The van der Waals surface area contributed by atoms with Crippen LogP contribution in [-0.2, 0) is 9.53 Å². The minimum absolute atomic E-state index is 0.172. The van der Waals surface area contributed by atoms with Crippen LogP contribution in [0, 0.1) is 0 Å². The minimum Gasteiger partial charge on any atom is -0.366 e. The van der Waals surface area contributed by atoms with Crippen molar-refractivity contribution < 1.29 is 9.53 Å². The van der Waals surface area contributed by atoms with E-state index in [0.29, 0.717) is 30.4 Å². The maximum atomic E-state index is 12.7. The molecule has 7 nitrogen and oxygen atoms in total. The largest absolute Gasteiger partial charge is 0.366 e. The maximum Gasteiger partial charge on any atom is 0.256 e. The van der Waals surface area contributed by atoms with Crippen molar-refractivity contribution in [1.29, 1.82) is 0 Å². The molecular formula is C18H19N5O2. The summed E-state index contributed by atoms with van der Waals surface area (Å²) in [4.78, 5) is 23.8. The predicted molar refractivity (Wildman–Crippen MR) is 94.3 cm³/mol. The van der Waals surface area contributed by atoms with Gasteiger partial charge in [0.2, 0.25) is 0 Å². The van der Waals surface area contributed by atoms with E-state index < -0.39 is 6.10 Å². The molecule has 1 atom stereocenters. The Morgan fingerprint density at radius 1 is 1.28 bits per heavy atom. The highest BCUT2D eigenvalue weighted by Crippen LogP contribution is 2.27. The highest BCUT2D eigenvalue weighted by molar-refractivity contribution is 5.97. The van der Waals surface area contributed by atoms with Gasteiger partial charge in [-0.2, -0.15) is 0 Å². The molecule has 25 heavy (non-hydrogen) atoms. The standard InChI is InChI=1S/C18H19N5O2/c1-22-10-11-25-14(12-22)18(24)21-17-16(13-6-2-4-8-19-13)20-15-7-3-5-9-23(15)17/h2-9,14H,10-12H2,1H3,(H,21,24)/t14-/m0/s1. The van der Waals surface area contributed by atoms with Crippen molar-refractivity contribution in [2.75, 3.05) is 32.1 Å². The molecule has 7 heteroatoms. The van der Waals surface area contributed by atoms with Crippen molar-refractivity contribution in [1.82, 2.24) is 19.3 Å². The molecule has 0 aromatic carbocycles. The Morgan fingerprint density at radius 3 is 2.96 bits per heavy atom. The van der Waals surface area contributed by atoms with Gasteiger partial charge in [-0.3, -0.25) is 14.2 Å². The third-order valence-electron chi connectivity index (χ3n) is 4.24.